The highest BCUT2D eigenvalue weighted by molar-refractivity contribution is 9.11. The van der Waals surface area contributed by atoms with Gasteiger partial charge < -0.3 is 10.1 Å². The number of hydrogen-bond acceptors (Lipinski definition) is 2. The van der Waals surface area contributed by atoms with Crippen LogP contribution in [-0.2, 0) is 11.3 Å². The highest BCUT2D eigenvalue weighted by Crippen LogP contribution is 2.28. The van der Waals surface area contributed by atoms with Crippen molar-refractivity contribution in [3.8, 4) is 5.75 Å². The summed E-state index contributed by atoms with van der Waals surface area (Å²) in [7, 11) is 0. The van der Waals surface area contributed by atoms with Crippen LogP contribution in [0.25, 0.3) is 0 Å². The Bertz CT molecular complexity index is 617. The molecule has 0 bridgehead atoms. The van der Waals surface area contributed by atoms with Gasteiger partial charge in [0.05, 0.1) is 4.47 Å². The molecule has 3 nitrogen and oxygen atoms in total. The van der Waals surface area contributed by atoms with Crippen molar-refractivity contribution in [2.45, 2.75) is 19.6 Å². The zero-order valence-corrected chi connectivity index (χ0v) is 14.6. The SMILES string of the molecule is C[C@@H](Oc1ccc(Br)cc1Br)C(=O)NCc1ccccc1. The number of benzene rings is 2. The number of ether oxygens (including phenoxy) is 1. The monoisotopic (exact) mass is 411 g/mol. The summed E-state index contributed by atoms with van der Waals surface area (Å²) in [5.74, 6) is 0.495. The van der Waals surface area contributed by atoms with Gasteiger partial charge in [0.25, 0.3) is 5.91 Å². The van der Waals surface area contributed by atoms with Crippen LogP contribution in [-0.4, -0.2) is 12.0 Å². The van der Waals surface area contributed by atoms with Gasteiger partial charge in [-0.1, -0.05) is 46.3 Å². The molecule has 0 radical (unpaired) electrons. The number of amides is 1. The van der Waals surface area contributed by atoms with Crippen molar-refractivity contribution in [3.63, 3.8) is 0 Å². The normalized spacial score (nSPS) is 11.8. The molecule has 0 heterocycles. The predicted molar refractivity (Wildman–Crippen MR) is 90.2 cm³/mol. The van der Waals surface area contributed by atoms with Crippen LogP contribution in [0.1, 0.15) is 12.5 Å². The van der Waals surface area contributed by atoms with Gasteiger partial charge in [0, 0.05) is 11.0 Å². The number of halogens is 2. The molecular weight excluding hydrogens is 398 g/mol. The first kappa shape index (κ1) is 16.0. The lowest BCUT2D eigenvalue weighted by Crippen LogP contribution is -2.35. The van der Waals surface area contributed by atoms with E-state index in [1.165, 1.54) is 0 Å². The minimum Gasteiger partial charge on any atom is -0.480 e. The largest absolute Gasteiger partial charge is 0.480 e. The van der Waals surface area contributed by atoms with Crippen LogP contribution in [0.4, 0.5) is 0 Å². The zero-order valence-electron chi connectivity index (χ0n) is 11.5. The van der Waals surface area contributed by atoms with E-state index in [1.807, 2.05) is 48.5 Å². The zero-order chi connectivity index (χ0) is 15.2. The fourth-order valence-corrected chi connectivity index (χ4v) is 2.88. The Kier molecular flexibility index (Phi) is 5.82. The molecule has 2 aromatic carbocycles. The van der Waals surface area contributed by atoms with Gasteiger partial charge in [-0.3, -0.25) is 4.79 Å². The van der Waals surface area contributed by atoms with Gasteiger partial charge in [0.15, 0.2) is 6.10 Å². The molecule has 1 atom stereocenters. The first-order chi connectivity index (χ1) is 10.1. The van der Waals surface area contributed by atoms with Crippen LogP contribution in [0.15, 0.2) is 57.5 Å². The summed E-state index contributed by atoms with van der Waals surface area (Å²) in [5, 5.41) is 2.86. The van der Waals surface area contributed by atoms with E-state index in [4.69, 9.17) is 4.74 Å². The van der Waals surface area contributed by atoms with E-state index < -0.39 is 6.10 Å². The molecule has 21 heavy (non-hydrogen) atoms. The summed E-state index contributed by atoms with van der Waals surface area (Å²) >= 11 is 6.79. The van der Waals surface area contributed by atoms with Crippen LogP contribution in [0, 0.1) is 0 Å². The first-order valence-corrected chi connectivity index (χ1v) is 8.08. The van der Waals surface area contributed by atoms with Gasteiger partial charge in [0.1, 0.15) is 5.75 Å². The van der Waals surface area contributed by atoms with Crippen molar-refractivity contribution >= 4 is 37.8 Å². The number of rotatable bonds is 5. The van der Waals surface area contributed by atoms with E-state index in [9.17, 15) is 4.79 Å². The van der Waals surface area contributed by atoms with E-state index in [1.54, 1.807) is 6.92 Å². The third-order valence-corrected chi connectivity index (χ3v) is 3.99. The van der Waals surface area contributed by atoms with Gasteiger partial charge in [-0.2, -0.15) is 0 Å². The molecule has 0 unspecified atom stereocenters. The second-order valence-corrected chi connectivity index (χ2v) is 6.31. The molecule has 0 aromatic heterocycles. The fourth-order valence-electron chi connectivity index (χ4n) is 1.74. The highest BCUT2D eigenvalue weighted by Gasteiger charge is 2.15. The van der Waals surface area contributed by atoms with E-state index >= 15 is 0 Å². The third kappa shape index (κ3) is 4.86. The topological polar surface area (TPSA) is 38.3 Å². The number of carbonyl (C=O) groups is 1. The molecule has 5 heteroatoms. The average molecular weight is 413 g/mol. The Hall–Kier alpha value is -1.33. The molecule has 1 amide bonds. The maximum atomic E-state index is 12.0. The van der Waals surface area contributed by atoms with E-state index in [2.05, 4.69) is 37.2 Å². The standard InChI is InChI=1S/C16H15Br2NO2/c1-11(21-15-8-7-13(17)9-14(15)18)16(20)19-10-12-5-3-2-4-6-12/h2-9,11H,10H2,1H3,(H,19,20)/t11-/m1/s1. The van der Waals surface area contributed by atoms with Crippen molar-refractivity contribution in [1.82, 2.24) is 5.32 Å². The molecule has 0 spiro atoms. The minimum absolute atomic E-state index is 0.145. The van der Waals surface area contributed by atoms with Crippen LogP contribution < -0.4 is 10.1 Å². The Morgan fingerprint density at radius 1 is 1.19 bits per heavy atom. The molecule has 0 aliphatic carbocycles. The molecule has 2 rings (SSSR count). The number of hydrogen-bond donors (Lipinski definition) is 1. The maximum Gasteiger partial charge on any atom is 0.261 e. The van der Waals surface area contributed by atoms with Crippen LogP contribution in [0.2, 0.25) is 0 Å². The Balaban J connectivity index is 1.90. The molecule has 1 N–H and O–H groups in total. The average Bonchev–Trinajstić information content (AvgIpc) is 2.48. The van der Waals surface area contributed by atoms with Crippen LogP contribution >= 0.6 is 31.9 Å². The van der Waals surface area contributed by atoms with E-state index in [0.717, 1.165) is 14.5 Å². The molecule has 0 aliphatic heterocycles. The Labute approximate surface area is 141 Å². The van der Waals surface area contributed by atoms with Crippen LogP contribution in [0.5, 0.6) is 5.75 Å². The van der Waals surface area contributed by atoms with Gasteiger partial charge in [-0.25, -0.2) is 0 Å². The molecule has 0 fully saturated rings. The van der Waals surface area contributed by atoms with E-state index in [-0.39, 0.29) is 5.91 Å². The summed E-state index contributed by atoms with van der Waals surface area (Å²) in [6.45, 7) is 2.23. The first-order valence-electron chi connectivity index (χ1n) is 6.49. The quantitative estimate of drug-likeness (QED) is 0.795. The second kappa shape index (κ2) is 7.61. The third-order valence-electron chi connectivity index (χ3n) is 2.88. The van der Waals surface area contributed by atoms with Crippen molar-refractivity contribution in [2.75, 3.05) is 0 Å². The van der Waals surface area contributed by atoms with Crippen LogP contribution in [0.3, 0.4) is 0 Å². The Morgan fingerprint density at radius 2 is 1.90 bits per heavy atom. The van der Waals surface area contributed by atoms with Gasteiger partial charge >= 0.3 is 0 Å². The van der Waals surface area contributed by atoms with Crippen molar-refractivity contribution in [3.05, 3.63) is 63.0 Å². The van der Waals surface area contributed by atoms with Crippen molar-refractivity contribution in [1.29, 1.82) is 0 Å². The number of carbonyl (C=O) groups excluding carboxylic acids is 1. The van der Waals surface area contributed by atoms with Gasteiger partial charge in [-0.05, 0) is 46.6 Å². The fraction of sp³-hybridized carbons (Fsp3) is 0.188. The highest BCUT2D eigenvalue weighted by atomic mass is 79.9. The molecule has 0 aliphatic rings. The lowest BCUT2D eigenvalue weighted by atomic mass is 10.2. The minimum atomic E-state index is -0.564. The summed E-state index contributed by atoms with van der Waals surface area (Å²) < 4.78 is 7.42. The Morgan fingerprint density at radius 3 is 2.57 bits per heavy atom. The molecule has 2 aromatic rings. The van der Waals surface area contributed by atoms with Gasteiger partial charge in [-0.15, -0.1) is 0 Å². The molecule has 0 saturated carbocycles. The lowest BCUT2D eigenvalue weighted by molar-refractivity contribution is -0.127. The maximum absolute atomic E-state index is 12.0. The smallest absolute Gasteiger partial charge is 0.261 e. The molecular formula is C16H15Br2NO2. The summed E-state index contributed by atoms with van der Waals surface area (Å²) in [6, 6.07) is 15.3. The molecule has 110 valence electrons. The van der Waals surface area contributed by atoms with E-state index in [0.29, 0.717) is 12.3 Å². The van der Waals surface area contributed by atoms with Gasteiger partial charge in [0.2, 0.25) is 0 Å². The molecule has 0 saturated heterocycles. The summed E-state index contributed by atoms with van der Waals surface area (Å²) in [4.78, 5) is 12.0. The van der Waals surface area contributed by atoms with Crippen molar-refractivity contribution in [2.24, 2.45) is 0 Å². The number of nitrogens with one attached hydrogen (secondary N) is 1. The predicted octanol–water partition coefficient (Wildman–Crippen LogP) is 4.30. The van der Waals surface area contributed by atoms with Crippen molar-refractivity contribution < 1.29 is 9.53 Å². The lowest BCUT2D eigenvalue weighted by Gasteiger charge is -2.16. The summed E-state index contributed by atoms with van der Waals surface area (Å²) in [6.07, 6.45) is -0.564. The summed E-state index contributed by atoms with van der Waals surface area (Å²) in [5.41, 5.74) is 1.06. The second-order valence-electron chi connectivity index (χ2n) is 4.54.